The van der Waals surface area contributed by atoms with Gasteiger partial charge in [0.05, 0.1) is 0 Å². The Morgan fingerprint density at radius 1 is 1.15 bits per heavy atom. The zero-order valence-electron chi connectivity index (χ0n) is 14.5. The molecule has 0 saturated carbocycles. The predicted molar refractivity (Wildman–Crippen MR) is 105 cm³/mol. The van der Waals surface area contributed by atoms with Gasteiger partial charge in [0.2, 0.25) is 0 Å². The van der Waals surface area contributed by atoms with Gasteiger partial charge in [-0.2, -0.15) is 0 Å². The summed E-state index contributed by atoms with van der Waals surface area (Å²) in [5.41, 5.74) is 7.32. The highest BCUT2D eigenvalue weighted by Gasteiger charge is 2.17. The summed E-state index contributed by atoms with van der Waals surface area (Å²) in [4.78, 5) is 12.2. The summed E-state index contributed by atoms with van der Waals surface area (Å²) >= 11 is 11.1. The lowest BCUT2D eigenvalue weighted by atomic mass is 10.1. The molecular weight excluding hydrogens is 377 g/mol. The van der Waals surface area contributed by atoms with Crippen molar-refractivity contribution < 1.29 is 13.9 Å². The van der Waals surface area contributed by atoms with Crippen molar-refractivity contribution >= 4 is 40.5 Å². The van der Waals surface area contributed by atoms with Crippen molar-refractivity contribution in [2.24, 2.45) is 0 Å². The highest BCUT2D eigenvalue weighted by atomic mass is 35.5. The molecule has 2 aromatic rings. The van der Waals surface area contributed by atoms with Gasteiger partial charge in [-0.05, 0) is 80.5 Å². The summed E-state index contributed by atoms with van der Waals surface area (Å²) in [7, 11) is 0. The average molecular weight is 396 g/mol. The normalized spacial score (nSPS) is 11.4. The van der Waals surface area contributed by atoms with Crippen molar-refractivity contribution in [2.45, 2.75) is 26.9 Å². The van der Waals surface area contributed by atoms with Crippen LogP contribution < -0.4 is 20.9 Å². The van der Waals surface area contributed by atoms with Gasteiger partial charge in [0, 0.05) is 10.7 Å². The molecule has 0 aliphatic carbocycles. The third-order valence-corrected chi connectivity index (χ3v) is 3.91. The molecule has 0 aliphatic rings. The third kappa shape index (κ3) is 5.57. The summed E-state index contributed by atoms with van der Waals surface area (Å²) in [6, 6.07) is 9.21. The molecule has 8 heteroatoms. The Labute approximate surface area is 161 Å². The van der Waals surface area contributed by atoms with Gasteiger partial charge in [-0.1, -0.05) is 11.6 Å². The minimum absolute atomic E-state index is 0.163. The number of hydrogen-bond donors (Lipinski definition) is 3. The molecule has 0 heterocycles. The van der Waals surface area contributed by atoms with Crippen LogP contribution in [-0.2, 0) is 4.79 Å². The van der Waals surface area contributed by atoms with Gasteiger partial charge in [0.25, 0.3) is 5.91 Å². The number of halogens is 2. The van der Waals surface area contributed by atoms with Crippen LogP contribution in [0.3, 0.4) is 0 Å². The number of anilines is 1. The first kappa shape index (κ1) is 19.9. The van der Waals surface area contributed by atoms with Crippen molar-refractivity contribution in [1.82, 2.24) is 10.9 Å². The van der Waals surface area contributed by atoms with Crippen LogP contribution in [0.1, 0.15) is 18.1 Å². The molecule has 2 aromatic carbocycles. The Kier molecular flexibility index (Phi) is 6.76. The SMILES string of the molecule is Cc1cc(Cl)cc(C)c1O[C@@H](C)C(=O)NNC(=S)Nc1ccc(F)cc1. The lowest BCUT2D eigenvalue weighted by molar-refractivity contribution is -0.127. The summed E-state index contributed by atoms with van der Waals surface area (Å²) < 4.78 is 18.6. The first-order chi connectivity index (χ1) is 12.3. The Morgan fingerprint density at radius 3 is 2.31 bits per heavy atom. The fourth-order valence-electron chi connectivity index (χ4n) is 2.23. The van der Waals surface area contributed by atoms with Crippen LogP contribution >= 0.6 is 23.8 Å². The minimum atomic E-state index is -0.755. The number of rotatable bonds is 4. The summed E-state index contributed by atoms with van der Waals surface area (Å²) in [6.07, 6.45) is -0.755. The fourth-order valence-corrected chi connectivity index (χ4v) is 2.73. The molecule has 5 nitrogen and oxygen atoms in total. The van der Waals surface area contributed by atoms with Gasteiger partial charge < -0.3 is 10.1 Å². The number of nitrogens with one attached hydrogen (secondary N) is 3. The fraction of sp³-hybridized carbons (Fsp3) is 0.222. The topological polar surface area (TPSA) is 62.4 Å². The van der Waals surface area contributed by atoms with E-state index in [1.54, 1.807) is 19.1 Å². The highest BCUT2D eigenvalue weighted by molar-refractivity contribution is 7.80. The van der Waals surface area contributed by atoms with Crippen molar-refractivity contribution in [2.75, 3.05) is 5.32 Å². The monoisotopic (exact) mass is 395 g/mol. The Hall–Kier alpha value is -2.38. The molecule has 138 valence electrons. The molecule has 0 aliphatic heterocycles. The minimum Gasteiger partial charge on any atom is -0.480 e. The summed E-state index contributed by atoms with van der Waals surface area (Å²) in [5, 5.41) is 3.60. The van der Waals surface area contributed by atoms with Gasteiger partial charge >= 0.3 is 0 Å². The largest absolute Gasteiger partial charge is 0.480 e. The maximum Gasteiger partial charge on any atom is 0.279 e. The van der Waals surface area contributed by atoms with Crippen LogP contribution in [0.4, 0.5) is 10.1 Å². The Bertz CT molecular complexity index is 792. The van der Waals surface area contributed by atoms with E-state index in [0.717, 1.165) is 11.1 Å². The van der Waals surface area contributed by atoms with Crippen LogP contribution in [0.15, 0.2) is 36.4 Å². The number of hydrazine groups is 1. The van der Waals surface area contributed by atoms with Crippen molar-refractivity contribution in [3.05, 3.63) is 58.4 Å². The second-order valence-corrected chi connectivity index (χ2v) is 6.55. The van der Waals surface area contributed by atoms with E-state index >= 15 is 0 Å². The number of hydrogen-bond acceptors (Lipinski definition) is 3. The predicted octanol–water partition coefficient (Wildman–Crippen LogP) is 3.88. The van der Waals surface area contributed by atoms with Gasteiger partial charge in [-0.15, -0.1) is 0 Å². The molecule has 0 radical (unpaired) electrons. The van der Waals surface area contributed by atoms with Crippen LogP contribution in [0.5, 0.6) is 5.75 Å². The molecule has 2 rings (SSSR count). The molecule has 0 saturated heterocycles. The molecule has 0 bridgehead atoms. The third-order valence-electron chi connectivity index (χ3n) is 3.49. The molecule has 1 atom stereocenters. The van der Waals surface area contributed by atoms with Gasteiger partial charge in [-0.25, -0.2) is 4.39 Å². The Balaban J connectivity index is 1.87. The molecule has 0 aromatic heterocycles. The van der Waals surface area contributed by atoms with E-state index in [4.69, 9.17) is 28.6 Å². The van der Waals surface area contributed by atoms with E-state index in [2.05, 4.69) is 16.2 Å². The van der Waals surface area contributed by atoms with E-state index in [9.17, 15) is 9.18 Å². The first-order valence-corrected chi connectivity index (χ1v) is 8.60. The summed E-state index contributed by atoms with van der Waals surface area (Å²) in [6.45, 7) is 5.35. The molecule has 0 fully saturated rings. The van der Waals surface area contributed by atoms with E-state index in [1.807, 2.05) is 13.8 Å². The van der Waals surface area contributed by atoms with Crippen molar-refractivity contribution in [3.8, 4) is 5.75 Å². The Morgan fingerprint density at radius 2 is 1.73 bits per heavy atom. The van der Waals surface area contributed by atoms with E-state index < -0.39 is 12.0 Å². The first-order valence-electron chi connectivity index (χ1n) is 7.82. The van der Waals surface area contributed by atoms with E-state index in [0.29, 0.717) is 16.5 Å². The number of thiocarbonyl (C=S) groups is 1. The summed E-state index contributed by atoms with van der Waals surface area (Å²) in [5.74, 6) is -0.132. The van der Waals surface area contributed by atoms with Crippen molar-refractivity contribution in [3.63, 3.8) is 0 Å². The standard InChI is InChI=1S/C18H19ClFN3O2S/c1-10-8-13(19)9-11(2)16(10)25-12(3)17(24)22-23-18(26)21-15-6-4-14(20)5-7-15/h4-9,12H,1-3H3,(H,22,24)(H2,21,23,26)/t12-/m0/s1. The van der Waals surface area contributed by atoms with Crippen LogP contribution in [-0.4, -0.2) is 17.1 Å². The number of amides is 1. The molecule has 26 heavy (non-hydrogen) atoms. The number of benzene rings is 2. The number of carbonyl (C=O) groups excluding carboxylic acids is 1. The molecule has 0 spiro atoms. The van der Waals surface area contributed by atoms with Gasteiger partial charge in [0.1, 0.15) is 11.6 Å². The van der Waals surface area contributed by atoms with Crippen LogP contribution in [0.25, 0.3) is 0 Å². The highest BCUT2D eigenvalue weighted by Crippen LogP contribution is 2.27. The number of carbonyl (C=O) groups is 1. The van der Waals surface area contributed by atoms with Gasteiger partial charge in [-0.3, -0.25) is 15.6 Å². The molecule has 1 amide bonds. The second-order valence-electron chi connectivity index (χ2n) is 5.70. The molecular formula is C18H19ClFN3O2S. The average Bonchev–Trinajstić information content (AvgIpc) is 2.57. The lowest BCUT2D eigenvalue weighted by Gasteiger charge is -2.19. The van der Waals surface area contributed by atoms with Crippen LogP contribution in [0, 0.1) is 19.7 Å². The lowest BCUT2D eigenvalue weighted by Crippen LogP contribution is -2.48. The van der Waals surface area contributed by atoms with Gasteiger partial charge in [0.15, 0.2) is 11.2 Å². The van der Waals surface area contributed by atoms with Crippen molar-refractivity contribution in [1.29, 1.82) is 0 Å². The number of ether oxygens (including phenoxy) is 1. The maximum atomic E-state index is 12.9. The molecule has 3 N–H and O–H groups in total. The molecule has 0 unspecified atom stereocenters. The second kappa shape index (κ2) is 8.82. The van der Waals surface area contributed by atoms with E-state index in [1.165, 1.54) is 24.3 Å². The van der Waals surface area contributed by atoms with Crippen LogP contribution in [0.2, 0.25) is 5.02 Å². The quantitative estimate of drug-likeness (QED) is 0.541. The zero-order valence-corrected chi connectivity index (χ0v) is 16.1. The zero-order chi connectivity index (χ0) is 19.3. The number of aryl methyl sites for hydroxylation is 2. The maximum absolute atomic E-state index is 12.9. The van der Waals surface area contributed by atoms with E-state index in [-0.39, 0.29) is 10.9 Å². The smallest absolute Gasteiger partial charge is 0.279 e.